The van der Waals surface area contributed by atoms with Crippen molar-refractivity contribution in [3.63, 3.8) is 0 Å². The van der Waals surface area contributed by atoms with Gasteiger partial charge in [0.1, 0.15) is 16.5 Å². The van der Waals surface area contributed by atoms with E-state index in [2.05, 4.69) is 55.0 Å². The highest BCUT2D eigenvalue weighted by atomic mass is 28.4. The molecule has 0 bridgehead atoms. The summed E-state index contributed by atoms with van der Waals surface area (Å²) in [6.45, 7) is 19.0. The van der Waals surface area contributed by atoms with Crippen molar-refractivity contribution >= 4 is 16.5 Å². The van der Waals surface area contributed by atoms with Gasteiger partial charge in [0, 0.05) is 13.7 Å². The standard InChI is InChI=1S/C11H25NOSi2/c1-8-14(4,5)12(10-11-13-3)15(6,7)9-2/h8-9H,1-2,10-11H2,3-7H3. The van der Waals surface area contributed by atoms with Gasteiger partial charge in [0.05, 0.1) is 6.61 Å². The molecule has 88 valence electrons. The van der Waals surface area contributed by atoms with Crippen LogP contribution in [0, 0.1) is 0 Å². The number of rotatable bonds is 7. The zero-order valence-corrected chi connectivity index (χ0v) is 12.8. The van der Waals surface area contributed by atoms with Crippen molar-refractivity contribution in [2.45, 2.75) is 26.2 Å². The van der Waals surface area contributed by atoms with Crippen LogP contribution in [0.4, 0.5) is 0 Å². The van der Waals surface area contributed by atoms with Crippen molar-refractivity contribution in [3.05, 3.63) is 24.6 Å². The van der Waals surface area contributed by atoms with Crippen molar-refractivity contribution in [2.24, 2.45) is 0 Å². The average Bonchev–Trinajstić information content (AvgIpc) is 2.18. The quantitative estimate of drug-likeness (QED) is 0.638. The van der Waals surface area contributed by atoms with Crippen LogP contribution in [0.5, 0.6) is 0 Å². The smallest absolute Gasteiger partial charge is 0.139 e. The average molecular weight is 243 g/mol. The fourth-order valence-electron chi connectivity index (χ4n) is 1.72. The minimum atomic E-state index is -1.49. The van der Waals surface area contributed by atoms with Crippen LogP contribution in [-0.4, -0.2) is 41.0 Å². The molecule has 0 aromatic rings. The van der Waals surface area contributed by atoms with Gasteiger partial charge < -0.3 is 8.97 Å². The van der Waals surface area contributed by atoms with E-state index >= 15 is 0 Å². The van der Waals surface area contributed by atoms with Crippen molar-refractivity contribution in [1.29, 1.82) is 0 Å². The summed E-state index contributed by atoms with van der Waals surface area (Å²) in [5.41, 5.74) is 4.28. The third-order valence-electron chi connectivity index (χ3n) is 2.91. The van der Waals surface area contributed by atoms with E-state index in [0.29, 0.717) is 0 Å². The Kier molecular flexibility index (Phi) is 5.73. The molecule has 0 aliphatic rings. The van der Waals surface area contributed by atoms with E-state index in [4.69, 9.17) is 4.74 Å². The number of ether oxygens (including phenoxy) is 1. The molecule has 0 atom stereocenters. The van der Waals surface area contributed by atoms with Gasteiger partial charge in [-0.1, -0.05) is 37.6 Å². The second-order valence-electron chi connectivity index (χ2n) is 4.86. The molecule has 0 aromatic heterocycles. The summed E-state index contributed by atoms with van der Waals surface area (Å²) in [7, 11) is -1.23. The van der Waals surface area contributed by atoms with Crippen molar-refractivity contribution in [2.75, 3.05) is 20.3 Å². The van der Waals surface area contributed by atoms with Gasteiger partial charge in [-0.2, -0.15) is 0 Å². The molecule has 0 fully saturated rings. The van der Waals surface area contributed by atoms with Gasteiger partial charge in [0.2, 0.25) is 0 Å². The second-order valence-corrected chi connectivity index (χ2v) is 13.8. The van der Waals surface area contributed by atoms with Crippen LogP contribution < -0.4 is 0 Å². The summed E-state index contributed by atoms with van der Waals surface area (Å²) >= 11 is 0. The first-order valence-corrected chi connectivity index (χ1v) is 11.4. The van der Waals surface area contributed by atoms with E-state index in [-0.39, 0.29) is 0 Å². The Balaban J connectivity index is 4.88. The van der Waals surface area contributed by atoms with Crippen LogP contribution in [0.3, 0.4) is 0 Å². The lowest BCUT2D eigenvalue weighted by Gasteiger charge is -2.43. The molecule has 0 amide bonds. The third-order valence-corrected chi connectivity index (χ3v) is 11.6. The molecule has 0 saturated heterocycles. The van der Waals surface area contributed by atoms with Crippen LogP contribution in [0.15, 0.2) is 24.6 Å². The van der Waals surface area contributed by atoms with E-state index in [9.17, 15) is 0 Å². The minimum absolute atomic E-state index is 0.786. The topological polar surface area (TPSA) is 12.5 Å². The van der Waals surface area contributed by atoms with E-state index in [1.165, 1.54) is 0 Å². The Morgan fingerprint density at radius 3 is 1.73 bits per heavy atom. The summed E-state index contributed by atoms with van der Waals surface area (Å²) in [5.74, 6) is 0. The maximum absolute atomic E-state index is 5.19. The second kappa shape index (κ2) is 5.79. The highest BCUT2D eigenvalue weighted by Gasteiger charge is 2.36. The van der Waals surface area contributed by atoms with Gasteiger partial charge >= 0.3 is 0 Å². The first kappa shape index (κ1) is 14.8. The molecule has 4 heteroatoms. The van der Waals surface area contributed by atoms with Gasteiger partial charge in [0.15, 0.2) is 0 Å². The van der Waals surface area contributed by atoms with Crippen LogP contribution in [0.2, 0.25) is 26.2 Å². The Labute approximate surface area is 96.8 Å². The van der Waals surface area contributed by atoms with E-state index < -0.39 is 16.5 Å². The minimum Gasteiger partial charge on any atom is -0.383 e. The maximum atomic E-state index is 5.19. The Morgan fingerprint density at radius 1 is 1.07 bits per heavy atom. The molecule has 0 spiro atoms. The van der Waals surface area contributed by atoms with Gasteiger partial charge in [-0.3, -0.25) is 0 Å². The van der Waals surface area contributed by atoms with Gasteiger partial charge in [0.25, 0.3) is 0 Å². The predicted octanol–water partition coefficient (Wildman–Crippen LogP) is 2.80. The molecule has 0 radical (unpaired) electrons. The molecule has 0 saturated carbocycles. The number of hydrogen-bond donors (Lipinski definition) is 0. The Hall–Kier alpha value is -0.166. The van der Waals surface area contributed by atoms with Crippen molar-refractivity contribution in [3.8, 4) is 0 Å². The summed E-state index contributed by atoms with van der Waals surface area (Å²) in [6, 6.07) is 0. The van der Waals surface area contributed by atoms with Crippen LogP contribution >= 0.6 is 0 Å². The third kappa shape index (κ3) is 4.06. The number of methoxy groups -OCH3 is 1. The van der Waals surface area contributed by atoms with Crippen LogP contribution in [0.25, 0.3) is 0 Å². The van der Waals surface area contributed by atoms with Gasteiger partial charge in [-0.15, -0.1) is 13.2 Å². The van der Waals surface area contributed by atoms with Gasteiger partial charge in [-0.05, 0) is 0 Å². The molecule has 0 unspecified atom stereocenters. The SMILES string of the molecule is C=C[Si](C)(C)N(CCOC)[Si](C)(C)C=C. The molecule has 0 aliphatic heterocycles. The first-order chi connectivity index (χ1) is 6.81. The monoisotopic (exact) mass is 243 g/mol. The van der Waals surface area contributed by atoms with Crippen molar-refractivity contribution < 1.29 is 4.74 Å². The molecular formula is C11H25NOSi2. The van der Waals surface area contributed by atoms with Crippen LogP contribution in [-0.2, 0) is 4.74 Å². The van der Waals surface area contributed by atoms with E-state index in [1.54, 1.807) is 7.11 Å². The summed E-state index contributed by atoms with van der Waals surface area (Å²) in [5, 5.41) is 0. The Bertz CT molecular complexity index is 207. The van der Waals surface area contributed by atoms with Crippen molar-refractivity contribution in [1.82, 2.24) is 4.23 Å². The Morgan fingerprint density at radius 2 is 1.47 bits per heavy atom. The van der Waals surface area contributed by atoms with E-state index in [0.717, 1.165) is 13.2 Å². The molecule has 0 aliphatic carbocycles. The molecule has 0 aromatic carbocycles. The predicted molar refractivity (Wildman–Crippen MR) is 73.9 cm³/mol. The summed E-state index contributed by atoms with van der Waals surface area (Å²) < 4.78 is 7.80. The maximum Gasteiger partial charge on any atom is 0.139 e. The molecule has 2 nitrogen and oxygen atoms in total. The van der Waals surface area contributed by atoms with Crippen LogP contribution in [0.1, 0.15) is 0 Å². The largest absolute Gasteiger partial charge is 0.383 e. The number of hydrogen-bond acceptors (Lipinski definition) is 2. The van der Waals surface area contributed by atoms with Gasteiger partial charge in [-0.25, -0.2) is 0 Å². The zero-order chi connectivity index (χ0) is 12.1. The lowest BCUT2D eigenvalue weighted by Crippen LogP contribution is -2.61. The van der Waals surface area contributed by atoms with E-state index in [1.807, 2.05) is 0 Å². The summed E-state index contributed by atoms with van der Waals surface area (Å²) in [4.78, 5) is 0. The fourth-order valence-corrected chi connectivity index (χ4v) is 9.99. The zero-order valence-electron chi connectivity index (χ0n) is 10.8. The molecule has 0 N–H and O–H groups in total. The number of nitrogens with zero attached hydrogens (tertiary/aromatic N) is 1. The normalized spacial score (nSPS) is 12.9. The first-order valence-electron chi connectivity index (χ1n) is 5.35. The fraction of sp³-hybridized carbons (Fsp3) is 0.636. The highest BCUT2D eigenvalue weighted by molar-refractivity contribution is 6.95. The molecular weight excluding hydrogens is 218 g/mol. The lowest BCUT2D eigenvalue weighted by atomic mass is 10.7. The summed E-state index contributed by atoms with van der Waals surface area (Å²) in [6.07, 6.45) is 0. The molecule has 15 heavy (non-hydrogen) atoms. The molecule has 0 heterocycles. The molecule has 0 rings (SSSR count). The highest BCUT2D eigenvalue weighted by Crippen LogP contribution is 2.20. The lowest BCUT2D eigenvalue weighted by molar-refractivity contribution is 0.191.